The average molecular weight is 304 g/mol. The van der Waals surface area contributed by atoms with E-state index in [0.717, 1.165) is 17.7 Å². The third kappa shape index (κ3) is 3.44. The molecule has 1 aliphatic rings. The van der Waals surface area contributed by atoms with Crippen LogP contribution in [-0.2, 0) is 25.5 Å². The first-order chi connectivity index (χ1) is 10.6. The molecule has 0 bridgehead atoms. The van der Waals surface area contributed by atoms with Gasteiger partial charge in [0.2, 0.25) is 5.91 Å². The van der Waals surface area contributed by atoms with Crippen molar-refractivity contribution in [3.63, 3.8) is 0 Å². The number of para-hydroxylation sites is 1. The van der Waals surface area contributed by atoms with Gasteiger partial charge < -0.3 is 15.0 Å². The molecular formula is C16H20N2O4. The number of carbonyl (C=O) groups excluding carboxylic acids is 3. The molecule has 0 saturated carbocycles. The summed E-state index contributed by atoms with van der Waals surface area (Å²) in [5, 5.41) is 2.38. The minimum absolute atomic E-state index is 0.0946. The van der Waals surface area contributed by atoms with Crippen LogP contribution in [0.1, 0.15) is 18.9 Å². The number of benzene rings is 1. The molecular weight excluding hydrogens is 284 g/mol. The van der Waals surface area contributed by atoms with Gasteiger partial charge in [0, 0.05) is 25.7 Å². The Morgan fingerprint density at radius 2 is 2.09 bits per heavy atom. The van der Waals surface area contributed by atoms with Gasteiger partial charge in [-0.3, -0.25) is 14.4 Å². The molecule has 118 valence electrons. The molecule has 0 radical (unpaired) electrons. The van der Waals surface area contributed by atoms with Crippen LogP contribution in [0.4, 0.5) is 5.69 Å². The van der Waals surface area contributed by atoms with Crippen molar-refractivity contribution in [3.05, 3.63) is 29.8 Å². The SMILES string of the molecule is CCc1ccccc1N1C[C@H](C(=O)OCC(=O)NC)CC1=O. The first-order valence-corrected chi connectivity index (χ1v) is 7.32. The van der Waals surface area contributed by atoms with Gasteiger partial charge in [-0.05, 0) is 18.1 Å². The number of aryl methyl sites for hydroxylation is 1. The molecule has 0 aromatic heterocycles. The highest BCUT2D eigenvalue weighted by molar-refractivity contribution is 6.00. The van der Waals surface area contributed by atoms with Crippen molar-refractivity contribution < 1.29 is 19.1 Å². The van der Waals surface area contributed by atoms with Crippen molar-refractivity contribution in [3.8, 4) is 0 Å². The quantitative estimate of drug-likeness (QED) is 0.820. The summed E-state index contributed by atoms with van der Waals surface area (Å²) in [5.74, 6) is -1.50. The van der Waals surface area contributed by atoms with Crippen LogP contribution in [0, 0.1) is 5.92 Å². The lowest BCUT2D eigenvalue weighted by Crippen LogP contribution is -2.29. The maximum Gasteiger partial charge on any atom is 0.311 e. The number of likely N-dealkylation sites (N-methyl/N-ethyl adjacent to an activating group) is 1. The predicted octanol–water partition coefficient (Wildman–Crippen LogP) is 0.891. The van der Waals surface area contributed by atoms with Crippen LogP contribution in [0.2, 0.25) is 0 Å². The van der Waals surface area contributed by atoms with Crippen molar-refractivity contribution in [1.29, 1.82) is 0 Å². The molecule has 1 saturated heterocycles. The second kappa shape index (κ2) is 7.06. The minimum atomic E-state index is -0.526. The fourth-order valence-electron chi connectivity index (χ4n) is 2.50. The number of hydrogen-bond acceptors (Lipinski definition) is 4. The Bertz CT molecular complexity index is 585. The minimum Gasteiger partial charge on any atom is -0.455 e. The fraction of sp³-hybridized carbons (Fsp3) is 0.438. The van der Waals surface area contributed by atoms with Crippen molar-refractivity contribution in [2.24, 2.45) is 5.92 Å². The van der Waals surface area contributed by atoms with Crippen LogP contribution in [0.5, 0.6) is 0 Å². The Morgan fingerprint density at radius 3 is 2.77 bits per heavy atom. The van der Waals surface area contributed by atoms with Gasteiger partial charge in [0.05, 0.1) is 5.92 Å². The number of anilines is 1. The molecule has 6 heteroatoms. The first kappa shape index (κ1) is 16.0. The summed E-state index contributed by atoms with van der Waals surface area (Å²) in [6.07, 6.45) is 0.927. The highest BCUT2D eigenvalue weighted by atomic mass is 16.5. The van der Waals surface area contributed by atoms with Crippen molar-refractivity contribution in [2.75, 3.05) is 25.1 Å². The lowest BCUT2D eigenvalue weighted by Gasteiger charge is -2.19. The van der Waals surface area contributed by atoms with E-state index in [4.69, 9.17) is 4.74 Å². The van der Waals surface area contributed by atoms with Crippen LogP contribution in [0.15, 0.2) is 24.3 Å². The summed E-state index contributed by atoms with van der Waals surface area (Å²) >= 11 is 0. The van der Waals surface area contributed by atoms with E-state index in [0.29, 0.717) is 6.54 Å². The number of amides is 2. The molecule has 1 aromatic rings. The second-order valence-corrected chi connectivity index (χ2v) is 5.17. The Balaban J connectivity index is 2.04. The molecule has 1 N–H and O–H groups in total. The normalized spacial score (nSPS) is 17.5. The number of hydrogen-bond donors (Lipinski definition) is 1. The van der Waals surface area contributed by atoms with E-state index in [-0.39, 0.29) is 24.8 Å². The van der Waals surface area contributed by atoms with Gasteiger partial charge in [-0.25, -0.2) is 0 Å². The fourth-order valence-corrected chi connectivity index (χ4v) is 2.50. The Labute approximate surface area is 129 Å². The monoisotopic (exact) mass is 304 g/mol. The molecule has 2 rings (SSSR count). The van der Waals surface area contributed by atoms with E-state index < -0.39 is 11.9 Å². The number of ether oxygens (including phenoxy) is 1. The van der Waals surface area contributed by atoms with E-state index in [2.05, 4.69) is 5.32 Å². The number of carbonyl (C=O) groups is 3. The van der Waals surface area contributed by atoms with Crippen LogP contribution in [0.3, 0.4) is 0 Å². The second-order valence-electron chi connectivity index (χ2n) is 5.17. The van der Waals surface area contributed by atoms with Gasteiger partial charge in [-0.2, -0.15) is 0 Å². The molecule has 0 unspecified atom stereocenters. The molecule has 1 fully saturated rings. The van der Waals surface area contributed by atoms with Gasteiger partial charge in [0.1, 0.15) is 0 Å². The summed E-state index contributed by atoms with van der Waals surface area (Å²) in [6.45, 7) is 2.00. The van der Waals surface area contributed by atoms with Gasteiger partial charge in [0.15, 0.2) is 6.61 Å². The molecule has 1 atom stereocenters. The largest absolute Gasteiger partial charge is 0.455 e. The van der Waals surface area contributed by atoms with E-state index in [9.17, 15) is 14.4 Å². The topological polar surface area (TPSA) is 75.7 Å². The van der Waals surface area contributed by atoms with Crippen LogP contribution in [0.25, 0.3) is 0 Å². The van der Waals surface area contributed by atoms with Crippen molar-refractivity contribution in [2.45, 2.75) is 19.8 Å². The van der Waals surface area contributed by atoms with Crippen LogP contribution < -0.4 is 10.2 Å². The Kier molecular flexibility index (Phi) is 5.14. The predicted molar refractivity (Wildman–Crippen MR) is 81.3 cm³/mol. The molecule has 0 spiro atoms. The molecule has 1 aliphatic heterocycles. The summed E-state index contributed by atoms with van der Waals surface area (Å²) in [5.41, 5.74) is 1.91. The highest BCUT2D eigenvalue weighted by Crippen LogP contribution is 2.28. The van der Waals surface area contributed by atoms with Gasteiger partial charge >= 0.3 is 5.97 Å². The van der Waals surface area contributed by atoms with Crippen molar-refractivity contribution >= 4 is 23.5 Å². The average Bonchev–Trinajstić information content (AvgIpc) is 2.93. The summed E-state index contributed by atoms with van der Waals surface area (Å²) in [7, 11) is 1.47. The molecule has 2 amide bonds. The van der Waals surface area contributed by atoms with E-state index in [1.54, 1.807) is 4.90 Å². The number of nitrogens with zero attached hydrogens (tertiary/aromatic N) is 1. The lowest BCUT2D eigenvalue weighted by molar-refractivity contribution is -0.152. The molecule has 1 heterocycles. The molecule has 6 nitrogen and oxygen atoms in total. The van der Waals surface area contributed by atoms with E-state index >= 15 is 0 Å². The summed E-state index contributed by atoms with van der Waals surface area (Å²) in [4.78, 5) is 36.9. The number of rotatable bonds is 5. The van der Waals surface area contributed by atoms with Crippen molar-refractivity contribution in [1.82, 2.24) is 5.32 Å². The van der Waals surface area contributed by atoms with Crippen LogP contribution in [-0.4, -0.2) is 38.0 Å². The van der Waals surface area contributed by atoms with Gasteiger partial charge in [-0.15, -0.1) is 0 Å². The van der Waals surface area contributed by atoms with Gasteiger partial charge in [-0.1, -0.05) is 25.1 Å². The Morgan fingerprint density at radius 1 is 1.36 bits per heavy atom. The zero-order valence-electron chi connectivity index (χ0n) is 12.8. The third-order valence-corrected chi connectivity index (χ3v) is 3.75. The Hall–Kier alpha value is -2.37. The molecule has 1 aromatic carbocycles. The maximum absolute atomic E-state index is 12.2. The van der Waals surface area contributed by atoms with E-state index in [1.807, 2.05) is 31.2 Å². The standard InChI is InChI=1S/C16H20N2O4/c1-3-11-6-4-5-7-13(11)18-9-12(8-15(18)20)16(21)22-10-14(19)17-2/h4-7,12H,3,8-10H2,1-2H3,(H,17,19)/t12-/m1/s1. The number of nitrogens with one attached hydrogen (secondary N) is 1. The maximum atomic E-state index is 12.2. The van der Waals surface area contributed by atoms with Gasteiger partial charge in [0.25, 0.3) is 5.91 Å². The smallest absolute Gasteiger partial charge is 0.311 e. The first-order valence-electron chi connectivity index (χ1n) is 7.32. The highest BCUT2D eigenvalue weighted by Gasteiger charge is 2.36. The van der Waals surface area contributed by atoms with Crippen LogP contribution >= 0.6 is 0 Å². The molecule has 0 aliphatic carbocycles. The summed E-state index contributed by atoms with van der Waals surface area (Å²) < 4.78 is 4.94. The zero-order chi connectivity index (χ0) is 16.1. The summed E-state index contributed by atoms with van der Waals surface area (Å²) in [6, 6.07) is 7.66. The zero-order valence-corrected chi connectivity index (χ0v) is 12.8. The molecule has 22 heavy (non-hydrogen) atoms. The van der Waals surface area contributed by atoms with E-state index in [1.165, 1.54) is 7.05 Å². The third-order valence-electron chi connectivity index (χ3n) is 3.75. The lowest BCUT2D eigenvalue weighted by atomic mass is 10.1. The number of esters is 1.